The summed E-state index contributed by atoms with van der Waals surface area (Å²) in [5, 5.41) is 7.83. The lowest BCUT2D eigenvalue weighted by molar-refractivity contribution is 0.349. The van der Waals surface area contributed by atoms with Crippen molar-refractivity contribution in [2.45, 2.75) is 51.4 Å². The van der Waals surface area contributed by atoms with Gasteiger partial charge in [-0.2, -0.15) is 0 Å². The molecular formula is C16H22FNO. The van der Waals surface area contributed by atoms with Crippen LogP contribution in [-0.2, 0) is 10.2 Å². The first-order valence-electron chi connectivity index (χ1n) is 6.87. The van der Waals surface area contributed by atoms with Crippen LogP contribution in [0.5, 0.6) is 0 Å². The molecule has 0 unspecified atom stereocenters. The van der Waals surface area contributed by atoms with Gasteiger partial charge in [-0.1, -0.05) is 25.0 Å². The Morgan fingerprint density at radius 3 is 2.26 bits per heavy atom. The third kappa shape index (κ3) is 2.65. The summed E-state index contributed by atoms with van der Waals surface area (Å²) in [6, 6.07) is 3.91. The predicted molar refractivity (Wildman–Crippen MR) is 75.4 cm³/mol. The molecule has 0 bridgehead atoms. The van der Waals surface area contributed by atoms with Crippen LogP contribution in [0.2, 0.25) is 0 Å². The van der Waals surface area contributed by atoms with Gasteiger partial charge in [0.05, 0.1) is 7.11 Å². The van der Waals surface area contributed by atoms with E-state index < -0.39 is 0 Å². The van der Waals surface area contributed by atoms with Crippen molar-refractivity contribution in [2.75, 3.05) is 7.11 Å². The summed E-state index contributed by atoms with van der Waals surface area (Å²) in [5.41, 5.74) is 2.54. The van der Waals surface area contributed by atoms with E-state index in [2.05, 4.69) is 0 Å². The van der Waals surface area contributed by atoms with Crippen LogP contribution >= 0.6 is 0 Å². The zero-order valence-corrected chi connectivity index (χ0v) is 12.0. The van der Waals surface area contributed by atoms with Gasteiger partial charge in [0.25, 0.3) is 0 Å². The topological polar surface area (TPSA) is 33.1 Å². The predicted octanol–water partition coefficient (Wildman–Crippen LogP) is 4.27. The highest BCUT2D eigenvalue weighted by molar-refractivity contribution is 5.74. The number of nitrogens with one attached hydrogen (secondary N) is 1. The molecule has 0 saturated heterocycles. The fourth-order valence-corrected chi connectivity index (χ4v) is 3.25. The fraction of sp³-hybridized carbons (Fsp3) is 0.562. The third-order valence-corrected chi connectivity index (χ3v) is 4.35. The summed E-state index contributed by atoms with van der Waals surface area (Å²) in [6.45, 7) is 3.63. The molecule has 1 fully saturated rings. The lowest BCUT2D eigenvalue weighted by atomic mass is 9.75. The second kappa shape index (κ2) is 5.32. The Kier molecular flexibility index (Phi) is 3.93. The normalized spacial score (nSPS) is 17.5. The van der Waals surface area contributed by atoms with Crippen LogP contribution in [-0.4, -0.2) is 13.0 Å². The second-order valence-electron chi connectivity index (χ2n) is 5.72. The summed E-state index contributed by atoms with van der Waals surface area (Å²) >= 11 is 0. The Morgan fingerprint density at radius 2 is 1.79 bits per heavy atom. The van der Waals surface area contributed by atoms with Gasteiger partial charge in [0.15, 0.2) is 5.90 Å². The Morgan fingerprint density at radius 1 is 1.26 bits per heavy atom. The Bertz CT molecular complexity index is 467. The van der Waals surface area contributed by atoms with Crippen molar-refractivity contribution in [1.29, 1.82) is 5.41 Å². The second-order valence-corrected chi connectivity index (χ2v) is 5.72. The van der Waals surface area contributed by atoms with E-state index in [4.69, 9.17) is 10.1 Å². The van der Waals surface area contributed by atoms with E-state index in [9.17, 15) is 4.39 Å². The average molecular weight is 263 g/mol. The van der Waals surface area contributed by atoms with Gasteiger partial charge in [-0.05, 0) is 43.4 Å². The maximum Gasteiger partial charge on any atom is 0.180 e. The van der Waals surface area contributed by atoms with Gasteiger partial charge in [0, 0.05) is 11.8 Å². The van der Waals surface area contributed by atoms with Crippen molar-refractivity contribution in [3.63, 3.8) is 0 Å². The smallest absolute Gasteiger partial charge is 0.180 e. The molecular weight excluding hydrogens is 241 g/mol. The first-order chi connectivity index (χ1) is 8.98. The van der Waals surface area contributed by atoms with E-state index in [1.807, 2.05) is 26.0 Å². The summed E-state index contributed by atoms with van der Waals surface area (Å²) in [6.07, 6.45) is 5.08. The zero-order chi connectivity index (χ0) is 14.0. The third-order valence-electron chi connectivity index (χ3n) is 4.35. The molecule has 3 heteroatoms. The largest absolute Gasteiger partial charge is 0.484 e. The molecule has 1 N–H and O–H groups in total. The van der Waals surface area contributed by atoms with E-state index in [-0.39, 0.29) is 11.2 Å². The summed E-state index contributed by atoms with van der Waals surface area (Å²) < 4.78 is 18.8. The Labute approximate surface area is 114 Å². The van der Waals surface area contributed by atoms with Gasteiger partial charge in [0.2, 0.25) is 0 Å². The van der Waals surface area contributed by atoms with Gasteiger partial charge in [-0.25, -0.2) is 4.39 Å². The molecule has 19 heavy (non-hydrogen) atoms. The molecule has 0 atom stereocenters. The highest BCUT2D eigenvalue weighted by Crippen LogP contribution is 2.44. The van der Waals surface area contributed by atoms with Gasteiger partial charge in [-0.3, -0.25) is 5.41 Å². The standard InChI is InChI=1S/C16H22FNO/c1-11-8-13(9-12(2)15(11)17)16(6-4-5-7-16)10-14(18)19-3/h8-9,18H,4-7,10H2,1-3H3. The number of methoxy groups -OCH3 is 1. The van der Waals surface area contributed by atoms with E-state index in [0.29, 0.717) is 23.4 Å². The summed E-state index contributed by atoms with van der Waals surface area (Å²) in [5.74, 6) is 0.209. The molecule has 1 aromatic carbocycles. The van der Waals surface area contributed by atoms with E-state index in [1.54, 1.807) is 7.11 Å². The molecule has 0 aromatic heterocycles. The minimum atomic E-state index is -0.112. The van der Waals surface area contributed by atoms with E-state index >= 15 is 0 Å². The fourth-order valence-electron chi connectivity index (χ4n) is 3.25. The average Bonchev–Trinajstić information content (AvgIpc) is 2.84. The molecule has 2 nitrogen and oxygen atoms in total. The number of rotatable bonds is 3. The van der Waals surface area contributed by atoms with Crippen LogP contribution in [0.4, 0.5) is 4.39 Å². The van der Waals surface area contributed by atoms with Crippen molar-refractivity contribution in [3.8, 4) is 0 Å². The summed E-state index contributed by atoms with van der Waals surface area (Å²) in [7, 11) is 1.55. The van der Waals surface area contributed by atoms with Crippen molar-refractivity contribution in [1.82, 2.24) is 0 Å². The van der Waals surface area contributed by atoms with Gasteiger partial charge >= 0.3 is 0 Å². The first kappa shape index (κ1) is 14.0. The van der Waals surface area contributed by atoms with Crippen molar-refractivity contribution in [3.05, 3.63) is 34.6 Å². The van der Waals surface area contributed by atoms with Crippen LogP contribution in [0, 0.1) is 25.1 Å². The maximum atomic E-state index is 13.8. The molecule has 0 amide bonds. The number of hydrogen-bond donors (Lipinski definition) is 1. The highest BCUT2D eigenvalue weighted by atomic mass is 19.1. The molecule has 1 aliphatic rings. The van der Waals surface area contributed by atoms with Crippen molar-refractivity contribution >= 4 is 5.90 Å². The summed E-state index contributed by atoms with van der Waals surface area (Å²) in [4.78, 5) is 0. The minimum absolute atomic E-state index is 0.0314. The molecule has 104 valence electrons. The Hall–Kier alpha value is -1.38. The lowest BCUT2D eigenvalue weighted by Crippen LogP contribution is -2.26. The molecule has 2 rings (SSSR count). The SMILES string of the molecule is COC(=N)CC1(c2cc(C)c(F)c(C)c2)CCCC1. The van der Waals surface area contributed by atoms with Crippen LogP contribution in [0.1, 0.15) is 48.8 Å². The first-order valence-corrected chi connectivity index (χ1v) is 6.87. The molecule has 1 saturated carbocycles. The number of aryl methyl sites for hydroxylation is 2. The van der Waals surface area contributed by atoms with Crippen molar-refractivity contribution < 1.29 is 9.13 Å². The molecule has 1 aliphatic carbocycles. The molecule has 0 spiro atoms. The number of benzene rings is 1. The van der Waals surface area contributed by atoms with Crippen LogP contribution in [0.25, 0.3) is 0 Å². The van der Waals surface area contributed by atoms with E-state index in [0.717, 1.165) is 12.8 Å². The molecule has 1 aromatic rings. The number of ether oxygens (including phenoxy) is 1. The Balaban J connectivity index is 2.42. The van der Waals surface area contributed by atoms with Crippen molar-refractivity contribution in [2.24, 2.45) is 0 Å². The monoisotopic (exact) mass is 263 g/mol. The molecule has 0 aliphatic heterocycles. The van der Waals surface area contributed by atoms with Crippen LogP contribution < -0.4 is 0 Å². The zero-order valence-electron chi connectivity index (χ0n) is 12.0. The van der Waals surface area contributed by atoms with Crippen LogP contribution in [0.15, 0.2) is 12.1 Å². The highest BCUT2D eigenvalue weighted by Gasteiger charge is 2.37. The maximum absolute atomic E-state index is 13.8. The quantitative estimate of drug-likeness (QED) is 0.641. The van der Waals surface area contributed by atoms with Crippen LogP contribution in [0.3, 0.4) is 0 Å². The number of halogens is 1. The van der Waals surface area contributed by atoms with Gasteiger partial charge in [-0.15, -0.1) is 0 Å². The van der Waals surface area contributed by atoms with Gasteiger partial charge in [0.1, 0.15) is 5.82 Å². The molecule has 0 heterocycles. The van der Waals surface area contributed by atoms with E-state index in [1.165, 1.54) is 18.4 Å². The van der Waals surface area contributed by atoms with Gasteiger partial charge < -0.3 is 4.74 Å². The number of hydrogen-bond acceptors (Lipinski definition) is 2. The minimum Gasteiger partial charge on any atom is -0.484 e. The molecule has 0 radical (unpaired) electrons. The lowest BCUT2D eigenvalue weighted by Gasteiger charge is -2.30.